The highest BCUT2D eigenvalue weighted by molar-refractivity contribution is 5.68. The molecule has 14 heavy (non-hydrogen) atoms. The van der Waals surface area contributed by atoms with Crippen molar-refractivity contribution in [3.05, 3.63) is 17.5 Å². The molecule has 1 N–H and O–H groups in total. The minimum Gasteiger partial charge on any atom is -0.481 e. The number of aryl methyl sites for hydroxylation is 1. The van der Waals surface area contributed by atoms with E-state index in [-0.39, 0.29) is 6.42 Å². The van der Waals surface area contributed by atoms with Gasteiger partial charge in [0, 0.05) is 5.92 Å². The molecule has 0 unspecified atom stereocenters. The van der Waals surface area contributed by atoms with E-state index in [0.29, 0.717) is 17.6 Å². The van der Waals surface area contributed by atoms with Crippen molar-refractivity contribution in [1.82, 2.24) is 15.0 Å². The molecule has 74 valence electrons. The Hall–Kier alpha value is -1.52. The van der Waals surface area contributed by atoms with E-state index in [4.69, 9.17) is 5.11 Å². The Kier molecular flexibility index (Phi) is 2.15. The van der Waals surface area contributed by atoms with Crippen molar-refractivity contribution in [2.24, 2.45) is 0 Å². The van der Waals surface area contributed by atoms with Crippen molar-refractivity contribution in [2.45, 2.75) is 32.1 Å². The van der Waals surface area contributed by atoms with Gasteiger partial charge in [-0.15, -0.1) is 0 Å². The van der Waals surface area contributed by atoms with Gasteiger partial charge in [-0.1, -0.05) is 0 Å². The molecule has 0 spiro atoms. The van der Waals surface area contributed by atoms with Gasteiger partial charge in [-0.05, 0) is 19.8 Å². The van der Waals surface area contributed by atoms with Crippen LogP contribution < -0.4 is 0 Å². The van der Waals surface area contributed by atoms with Gasteiger partial charge in [0.2, 0.25) is 0 Å². The van der Waals surface area contributed by atoms with Gasteiger partial charge in [-0.25, -0.2) is 15.0 Å². The lowest BCUT2D eigenvalue weighted by Gasteiger charge is -2.01. The van der Waals surface area contributed by atoms with Crippen molar-refractivity contribution in [3.63, 3.8) is 0 Å². The predicted octanol–water partition coefficient (Wildman–Crippen LogP) is 0.685. The van der Waals surface area contributed by atoms with E-state index >= 15 is 0 Å². The highest BCUT2D eigenvalue weighted by atomic mass is 16.4. The Balaban J connectivity index is 2.26. The Bertz CT molecular complexity index is 374. The Morgan fingerprint density at radius 2 is 2.14 bits per heavy atom. The van der Waals surface area contributed by atoms with E-state index < -0.39 is 5.97 Å². The summed E-state index contributed by atoms with van der Waals surface area (Å²) in [7, 11) is 0. The summed E-state index contributed by atoms with van der Waals surface area (Å²) in [6.07, 6.45) is 2.09. The summed E-state index contributed by atoms with van der Waals surface area (Å²) in [5.74, 6) is 1.26. The largest absolute Gasteiger partial charge is 0.481 e. The number of carboxylic acids is 1. The van der Waals surface area contributed by atoms with Crippen LogP contribution in [0.3, 0.4) is 0 Å². The van der Waals surface area contributed by atoms with Crippen LogP contribution >= 0.6 is 0 Å². The molecule has 0 aromatic carbocycles. The number of aromatic nitrogens is 3. The van der Waals surface area contributed by atoms with Gasteiger partial charge in [-0.3, -0.25) is 4.79 Å². The second-order valence-electron chi connectivity index (χ2n) is 3.50. The number of aliphatic carboxylic acids is 1. The van der Waals surface area contributed by atoms with Crippen LogP contribution in [-0.2, 0) is 11.2 Å². The van der Waals surface area contributed by atoms with Crippen LogP contribution in [0.15, 0.2) is 0 Å². The topological polar surface area (TPSA) is 76.0 Å². The normalized spacial score (nSPS) is 15.5. The first-order chi connectivity index (χ1) is 6.65. The van der Waals surface area contributed by atoms with E-state index in [0.717, 1.165) is 18.7 Å². The average Bonchev–Trinajstić information content (AvgIpc) is 2.82. The first kappa shape index (κ1) is 9.05. The minimum absolute atomic E-state index is 0.122. The molecule has 1 saturated carbocycles. The van der Waals surface area contributed by atoms with Gasteiger partial charge in [0.1, 0.15) is 23.9 Å². The highest BCUT2D eigenvalue weighted by Gasteiger charge is 2.27. The van der Waals surface area contributed by atoms with Crippen molar-refractivity contribution in [1.29, 1.82) is 0 Å². The van der Waals surface area contributed by atoms with Crippen LogP contribution in [0.25, 0.3) is 0 Å². The Morgan fingerprint density at radius 3 is 2.71 bits per heavy atom. The molecule has 1 fully saturated rings. The summed E-state index contributed by atoms with van der Waals surface area (Å²) in [6, 6.07) is 0. The molecule has 1 aromatic rings. The summed E-state index contributed by atoms with van der Waals surface area (Å²) in [4.78, 5) is 22.8. The average molecular weight is 193 g/mol. The number of nitrogens with zero attached hydrogens (tertiary/aromatic N) is 3. The number of rotatable bonds is 3. The van der Waals surface area contributed by atoms with Crippen LogP contribution in [0, 0.1) is 6.92 Å². The summed E-state index contributed by atoms with van der Waals surface area (Å²) < 4.78 is 0. The highest BCUT2D eigenvalue weighted by Crippen LogP contribution is 2.37. The van der Waals surface area contributed by atoms with Gasteiger partial charge in [0.05, 0.1) is 0 Å². The van der Waals surface area contributed by atoms with E-state index in [1.165, 1.54) is 0 Å². The van der Waals surface area contributed by atoms with E-state index in [1.54, 1.807) is 6.92 Å². The third-order valence-electron chi connectivity index (χ3n) is 2.06. The minimum atomic E-state index is -0.905. The SMILES string of the molecule is Cc1nc(CC(=O)O)nc(C2CC2)n1. The quantitative estimate of drug-likeness (QED) is 0.764. The van der Waals surface area contributed by atoms with E-state index in [9.17, 15) is 4.79 Å². The fraction of sp³-hybridized carbons (Fsp3) is 0.556. The molecule has 0 saturated heterocycles. The second kappa shape index (κ2) is 3.32. The molecule has 0 atom stereocenters. The lowest BCUT2D eigenvalue weighted by Crippen LogP contribution is -2.09. The van der Waals surface area contributed by atoms with Crippen molar-refractivity contribution >= 4 is 5.97 Å². The molecular weight excluding hydrogens is 182 g/mol. The summed E-state index contributed by atoms with van der Waals surface area (Å²) in [5.41, 5.74) is 0. The molecule has 1 aliphatic rings. The third-order valence-corrected chi connectivity index (χ3v) is 2.06. The summed E-state index contributed by atoms with van der Waals surface area (Å²) >= 11 is 0. The number of hydrogen-bond acceptors (Lipinski definition) is 4. The molecule has 5 nitrogen and oxygen atoms in total. The zero-order chi connectivity index (χ0) is 10.1. The third kappa shape index (κ3) is 2.04. The fourth-order valence-corrected chi connectivity index (χ4v) is 1.30. The van der Waals surface area contributed by atoms with Crippen molar-refractivity contribution < 1.29 is 9.90 Å². The van der Waals surface area contributed by atoms with Crippen LogP contribution in [0.1, 0.15) is 36.2 Å². The van der Waals surface area contributed by atoms with Crippen LogP contribution in [0.2, 0.25) is 0 Å². The molecule has 0 radical (unpaired) electrons. The zero-order valence-electron chi connectivity index (χ0n) is 7.90. The van der Waals surface area contributed by atoms with Crippen LogP contribution in [0.4, 0.5) is 0 Å². The number of hydrogen-bond donors (Lipinski definition) is 1. The molecule has 0 bridgehead atoms. The zero-order valence-corrected chi connectivity index (χ0v) is 7.90. The van der Waals surface area contributed by atoms with Crippen LogP contribution in [0.5, 0.6) is 0 Å². The standard InChI is InChI=1S/C9H11N3O2/c1-5-10-7(4-8(13)14)12-9(11-5)6-2-3-6/h6H,2-4H2,1H3,(H,13,14). The van der Waals surface area contributed by atoms with Crippen molar-refractivity contribution in [2.75, 3.05) is 0 Å². The predicted molar refractivity (Wildman–Crippen MR) is 47.9 cm³/mol. The maximum Gasteiger partial charge on any atom is 0.311 e. The van der Waals surface area contributed by atoms with Gasteiger partial charge < -0.3 is 5.11 Å². The molecule has 1 heterocycles. The molecule has 1 aliphatic carbocycles. The van der Waals surface area contributed by atoms with Gasteiger partial charge in [-0.2, -0.15) is 0 Å². The maximum absolute atomic E-state index is 10.5. The molecule has 5 heteroatoms. The van der Waals surface area contributed by atoms with Gasteiger partial charge in [0.25, 0.3) is 0 Å². The van der Waals surface area contributed by atoms with Gasteiger partial charge >= 0.3 is 5.97 Å². The van der Waals surface area contributed by atoms with E-state index in [1.807, 2.05) is 0 Å². The first-order valence-electron chi connectivity index (χ1n) is 4.58. The second-order valence-corrected chi connectivity index (χ2v) is 3.50. The molecule has 0 amide bonds. The smallest absolute Gasteiger partial charge is 0.311 e. The Morgan fingerprint density at radius 1 is 1.43 bits per heavy atom. The lowest BCUT2D eigenvalue weighted by atomic mass is 10.3. The van der Waals surface area contributed by atoms with Gasteiger partial charge in [0.15, 0.2) is 0 Å². The molecule has 0 aliphatic heterocycles. The molecular formula is C9H11N3O2. The van der Waals surface area contributed by atoms with E-state index in [2.05, 4.69) is 15.0 Å². The fourth-order valence-electron chi connectivity index (χ4n) is 1.30. The summed E-state index contributed by atoms with van der Waals surface area (Å²) in [5, 5.41) is 8.60. The summed E-state index contributed by atoms with van der Waals surface area (Å²) in [6.45, 7) is 1.76. The van der Waals surface area contributed by atoms with Crippen molar-refractivity contribution in [3.8, 4) is 0 Å². The maximum atomic E-state index is 10.5. The number of carboxylic acid groups (broad SMARTS) is 1. The monoisotopic (exact) mass is 193 g/mol. The molecule has 2 rings (SSSR count). The lowest BCUT2D eigenvalue weighted by molar-refractivity contribution is -0.136. The first-order valence-corrected chi connectivity index (χ1v) is 4.58. The molecule has 1 aromatic heterocycles. The Labute approximate surface area is 81.2 Å². The van der Waals surface area contributed by atoms with Crippen LogP contribution in [-0.4, -0.2) is 26.0 Å². The number of carbonyl (C=O) groups is 1.